The van der Waals surface area contributed by atoms with Crippen molar-refractivity contribution in [1.82, 2.24) is 19.1 Å². The summed E-state index contributed by atoms with van der Waals surface area (Å²) in [4.78, 5) is 46.9. The molecule has 3 aromatic carbocycles. The zero-order chi connectivity index (χ0) is 50.8. The number of aromatic nitrogens is 4. The summed E-state index contributed by atoms with van der Waals surface area (Å²) in [5.41, 5.74) is 1.04. The highest BCUT2D eigenvalue weighted by Crippen LogP contribution is 2.48. The molecule has 0 aliphatic heterocycles. The number of phenolic OH excluding ortho intramolecular Hbond substituents is 1. The van der Waals surface area contributed by atoms with Gasteiger partial charge in [0, 0.05) is 56.4 Å². The number of carbonyl (C=O) groups excluding carboxylic acids is 3. The first-order valence-electron chi connectivity index (χ1n) is 22.2. The van der Waals surface area contributed by atoms with E-state index in [1.165, 1.54) is 50.8 Å². The molecule has 368 valence electrons. The largest absolute Gasteiger partial charge is 0.507 e. The van der Waals surface area contributed by atoms with Gasteiger partial charge in [0.25, 0.3) is 0 Å². The number of aromatic hydroxyl groups is 1. The van der Waals surface area contributed by atoms with Crippen LogP contribution in [0, 0.1) is 20.8 Å². The van der Waals surface area contributed by atoms with E-state index in [2.05, 4.69) is 45.1 Å². The Morgan fingerprint density at radius 2 is 1.12 bits per heavy atom. The number of azo groups is 3. The number of ether oxygens (including phenoxy) is 5. The Balaban J connectivity index is 1.02. The fraction of sp³-hybridized carbons (Fsp3) is 0.250. The second-order valence-corrected chi connectivity index (χ2v) is 20.1. The molecule has 0 unspecified atom stereocenters. The maximum Gasteiger partial charge on any atom is 0.341 e. The Bertz CT molecular complexity index is 3670. The van der Waals surface area contributed by atoms with Crippen LogP contribution in [-0.2, 0) is 27.7 Å². The molecule has 9 rings (SSSR count). The highest BCUT2D eigenvalue weighted by molar-refractivity contribution is 7.20. The lowest BCUT2D eigenvalue weighted by Gasteiger charge is -2.10. The lowest BCUT2D eigenvalue weighted by molar-refractivity contribution is 0.0517. The van der Waals surface area contributed by atoms with E-state index in [0.717, 1.165) is 26.2 Å². The molecule has 0 fully saturated rings. The van der Waals surface area contributed by atoms with E-state index in [1.807, 2.05) is 45.9 Å². The Morgan fingerprint density at radius 1 is 0.625 bits per heavy atom. The topological polar surface area (TPSA) is 248 Å². The predicted octanol–water partition coefficient (Wildman–Crippen LogP) is 15.1. The molecule has 0 saturated carbocycles. The van der Waals surface area contributed by atoms with Crippen molar-refractivity contribution in [1.29, 1.82) is 0 Å². The molecule has 0 aliphatic carbocycles. The van der Waals surface area contributed by atoms with E-state index in [-0.39, 0.29) is 82.9 Å². The molecule has 0 radical (unpaired) electrons. The predicted molar refractivity (Wildman–Crippen MR) is 273 cm³/mol. The average molecular weight is 1050 g/mol. The molecule has 6 heterocycles. The number of rotatable bonds is 17. The van der Waals surface area contributed by atoms with Crippen LogP contribution in [0.5, 0.6) is 29.0 Å². The van der Waals surface area contributed by atoms with E-state index in [0.29, 0.717) is 58.9 Å². The van der Waals surface area contributed by atoms with E-state index in [1.54, 1.807) is 52.2 Å². The highest BCUT2D eigenvalue weighted by atomic mass is 32.1. The summed E-state index contributed by atoms with van der Waals surface area (Å²) >= 11 is 5.16. The second-order valence-electron chi connectivity index (χ2n) is 15.5. The Kier molecular flexibility index (Phi) is 14.3. The van der Waals surface area contributed by atoms with Gasteiger partial charge in [-0.25, -0.2) is 19.1 Å². The van der Waals surface area contributed by atoms with Crippen LogP contribution < -0.4 is 9.47 Å². The third-order valence-electron chi connectivity index (χ3n) is 10.5. The van der Waals surface area contributed by atoms with E-state index in [9.17, 15) is 19.5 Å². The number of aryl methyl sites for hydroxylation is 5. The third kappa shape index (κ3) is 10.1. The number of oxazole rings is 1. The summed E-state index contributed by atoms with van der Waals surface area (Å²) in [6.45, 7) is 13.1. The molecule has 0 atom stereocenters. The van der Waals surface area contributed by atoms with Gasteiger partial charge >= 0.3 is 23.9 Å². The van der Waals surface area contributed by atoms with Gasteiger partial charge in [0.1, 0.15) is 40.1 Å². The lowest BCUT2D eigenvalue weighted by atomic mass is 10.1. The van der Waals surface area contributed by atoms with Crippen LogP contribution in [0.4, 0.5) is 33.9 Å². The van der Waals surface area contributed by atoms with E-state index in [4.69, 9.17) is 28.1 Å². The summed E-state index contributed by atoms with van der Waals surface area (Å²) in [6, 6.07) is 13.2. The van der Waals surface area contributed by atoms with Crippen molar-refractivity contribution in [2.75, 3.05) is 19.8 Å². The zero-order valence-electron chi connectivity index (χ0n) is 39.8. The SMILES string of the molecule is CCOC(=O)c1cc(O)c2cc(C)sc2c1N=Nc1cc(Oc2cc(C(=O)OCC)c(N=Nc3cc(Oc4cc(C(=O)OCC)c(N=Nc5ncc(CC)o5)c5sc(C)cc45)ns3)c3sc(C)cc23)nn1C. The van der Waals surface area contributed by atoms with Crippen molar-refractivity contribution in [3.8, 4) is 29.0 Å². The zero-order valence-corrected chi connectivity index (χ0v) is 43.0. The Labute approximate surface area is 425 Å². The summed E-state index contributed by atoms with van der Waals surface area (Å²) in [5.74, 6) is -0.164. The van der Waals surface area contributed by atoms with Gasteiger partial charge in [-0.1, -0.05) is 12.0 Å². The lowest BCUT2D eigenvalue weighted by Crippen LogP contribution is -2.05. The van der Waals surface area contributed by atoms with Crippen LogP contribution in [0.25, 0.3) is 30.3 Å². The molecular weight excluding hydrogens is 1000 g/mol. The van der Waals surface area contributed by atoms with Crippen LogP contribution in [-0.4, -0.2) is 62.0 Å². The molecule has 9 aromatic rings. The minimum absolute atomic E-state index is 0.0530. The first kappa shape index (κ1) is 49.2. The van der Waals surface area contributed by atoms with Crippen molar-refractivity contribution in [2.24, 2.45) is 37.7 Å². The van der Waals surface area contributed by atoms with Gasteiger partial charge in [0.05, 0.1) is 56.8 Å². The maximum absolute atomic E-state index is 13.7. The number of fused-ring (bicyclic) bond motifs is 3. The molecule has 6 aromatic heterocycles. The highest BCUT2D eigenvalue weighted by Gasteiger charge is 2.26. The van der Waals surface area contributed by atoms with Crippen LogP contribution >= 0.6 is 45.5 Å². The number of carbonyl (C=O) groups is 3. The van der Waals surface area contributed by atoms with Gasteiger partial charge in [-0.3, -0.25) is 0 Å². The monoisotopic (exact) mass is 1050 g/mol. The average Bonchev–Trinajstić information content (AvgIpc) is 4.23. The molecular formula is C48H42N10O10S4. The number of nitrogens with zero attached hydrogens (tertiary/aromatic N) is 10. The van der Waals surface area contributed by atoms with Crippen LogP contribution in [0.3, 0.4) is 0 Å². The first-order valence-corrected chi connectivity index (χ1v) is 25.5. The van der Waals surface area contributed by atoms with Crippen molar-refractivity contribution < 1.29 is 47.6 Å². The number of esters is 3. The van der Waals surface area contributed by atoms with Crippen molar-refractivity contribution in [2.45, 2.75) is 54.9 Å². The minimum Gasteiger partial charge on any atom is -0.507 e. The van der Waals surface area contributed by atoms with Gasteiger partial charge in [-0.15, -0.1) is 64.7 Å². The first-order chi connectivity index (χ1) is 34.7. The summed E-state index contributed by atoms with van der Waals surface area (Å²) in [7, 11) is 1.65. The number of benzene rings is 3. The Morgan fingerprint density at radius 3 is 1.67 bits per heavy atom. The smallest absolute Gasteiger partial charge is 0.341 e. The summed E-state index contributed by atoms with van der Waals surface area (Å²) < 4.78 is 42.2. The third-order valence-corrected chi connectivity index (χ3v) is 14.3. The van der Waals surface area contributed by atoms with Gasteiger partial charge in [-0.2, -0.15) is 9.36 Å². The summed E-state index contributed by atoms with van der Waals surface area (Å²) in [5, 5.41) is 44.0. The molecule has 1 N–H and O–H groups in total. The van der Waals surface area contributed by atoms with Gasteiger partial charge < -0.3 is 33.2 Å². The molecule has 72 heavy (non-hydrogen) atoms. The molecule has 24 heteroatoms. The number of phenols is 1. The van der Waals surface area contributed by atoms with Crippen molar-refractivity contribution >= 4 is 128 Å². The van der Waals surface area contributed by atoms with E-state index >= 15 is 0 Å². The molecule has 0 spiro atoms. The number of hydrogen-bond acceptors (Lipinski definition) is 23. The molecule has 0 aliphatic rings. The van der Waals surface area contributed by atoms with Gasteiger partial charge in [0.15, 0.2) is 10.8 Å². The standard InChI is InChI=1S/C48H42N10O10S4/c1-9-25-21-49-48(66-25)55-54-41-31(47(62)65-12-4)18-34(28-15-24(7)71-44(28)41)68-37-20-38(72-57-37)51-53-40-30(46(61)64-11-3)17-33(27-14-23(6)70-43(27)40)67-36-19-35(58(8)56-36)50-52-39-29(45(60)63-10-2)16-32(59)26-13-22(5)69-42(26)39/h13-21,59H,9-12H2,1-8H3. The normalized spacial score (nSPS) is 11.9. The van der Waals surface area contributed by atoms with Crippen molar-refractivity contribution in [3.05, 3.63) is 91.8 Å². The number of thiophene rings is 3. The Hall–Kier alpha value is -7.80. The maximum atomic E-state index is 13.7. The van der Waals surface area contributed by atoms with Crippen LogP contribution in [0.2, 0.25) is 0 Å². The van der Waals surface area contributed by atoms with Crippen LogP contribution in [0.1, 0.15) is 79.2 Å². The number of hydrogen-bond donors (Lipinski definition) is 1. The molecule has 0 bridgehead atoms. The fourth-order valence-electron chi connectivity index (χ4n) is 7.34. The minimum atomic E-state index is -0.656. The molecule has 0 saturated heterocycles. The summed E-state index contributed by atoms with van der Waals surface area (Å²) in [6.07, 6.45) is 2.21. The van der Waals surface area contributed by atoms with Crippen molar-refractivity contribution in [3.63, 3.8) is 0 Å². The fourth-order valence-corrected chi connectivity index (χ4v) is 10.9. The van der Waals surface area contributed by atoms with Gasteiger partial charge in [-0.05, 0) is 89.5 Å². The van der Waals surface area contributed by atoms with E-state index < -0.39 is 17.9 Å². The van der Waals surface area contributed by atoms with Crippen LogP contribution in [0.15, 0.2) is 89.8 Å². The molecule has 20 nitrogen and oxygen atoms in total. The quantitative estimate of drug-likeness (QED) is 0.0507. The molecule has 0 amide bonds. The second kappa shape index (κ2) is 20.9. The van der Waals surface area contributed by atoms with Gasteiger partial charge in [0.2, 0.25) is 11.8 Å².